The second kappa shape index (κ2) is 6.25. The molecule has 7 heteroatoms. The quantitative estimate of drug-likeness (QED) is 0.742. The normalized spacial score (nSPS) is 10.5. The lowest BCUT2D eigenvalue weighted by Crippen LogP contribution is -1.94. The monoisotopic (exact) mass is 335 g/mol. The fraction of sp³-hybridized carbons (Fsp3) is 0.0667. The van der Waals surface area contributed by atoms with Crippen molar-refractivity contribution in [2.75, 3.05) is 12.4 Å². The van der Waals surface area contributed by atoms with Gasteiger partial charge in [0.1, 0.15) is 5.75 Å². The molecule has 3 rings (SSSR count). The molecule has 0 spiro atoms. The number of methoxy groups -OCH3 is 1. The van der Waals surface area contributed by atoms with Gasteiger partial charge in [-0.05, 0) is 30.3 Å². The van der Waals surface area contributed by atoms with E-state index >= 15 is 0 Å². The molecule has 1 N–H and O–H groups in total. The molecular formula is C15H11Cl2N3O2. The van der Waals surface area contributed by atoms with E-state index in [0.29, 0.717) is 27.2 Å². The van der Waals surface area contributed by atoms with Gasteiger partial charge in [-0.15, -0.1) is 5.10 Å². The van der Waals surface area contributed by atoms with Crippen molar-refractivity contribution in [3.63, 3.8) is 0 Å². The van der Waals surface area contributed by atoms with E-state index in [1.54, 1.807) is 25.3 Å². The number of anilines is 2. The summed E-state index contributed by atoms with van der Waals surface area (Å²) in [6, 6.07) is 12.7. The van der Waals surface area contributed by atoms with Gasteiger partial charge in [0, 0.05) is 5.02 Å². The Kier molecular flexibility index (Phi) is 4.18. The van der Waals surface area contributed by atoms with Crippen LogP contribution in [0.5, 0.6) is 5.75 Å². The summed E-state index contributed by atoms with van der Waals surface area (Å²) in [7, 11) is 1.59. The number of para-hydroxylation sites is 2. The fourth-order valence-corrected chi connectivity index (χ4v) is 2.40. The summed E-state index contributed by atoms with van der Waals surface area (Å²) < 4.78 is 10.8. The van der Waals surface area contributed by atoms with Gasteiger partial charge in [0.25, 0.3) is 5.89 Å². The van der Waals surface area contributed by atoms with Crippen LogP contribution in [0.2, 0.25) is 10.0 Å². The van der Waals surface area contributed by atoms with Crippen molar-refractivity contribution in [1.82, 2.24) is 10.2 Å². The van der Waals surface area contributed by atoms with E-state index in [4.69, 9.17) is 32.4 Å². The molecule has 0 aliphatic rings. The molecule has 2 aromatic carbocycles. The summed E-state index contributed by atoms with van der Waals surface area (Å²) in [6.45, 7) is 0. The highest BCUT2D eigenvalue weighted by Crippen LogP contribution is 2.32. The summed E-state index contributed by atoms with van der Waals surface area (Å²) in [5.74, 6) is 0.978. The molecule has 3 aromatic rings. The van der Waals surface area contributed by atoms with Gasteiger partial charge in [0.05, 0.1) is 23.4 Å². The minimum Gasteiger partial charge on any atom is -0.495 e. The standard InChI is InChI=1S/C15H11Cl2N3O2/c1-21-13-5-3-2-4-12(13)18-15-20-19-14(22-15)10-7-6-9(16)8-11(10)17/h2-8H,1H3,(H,18,20). The molecule has 0 aliphatic heterocycles. The molecule has 112 valence electrons. The third-order valence-electron chi connectivity index (χ3n) is 2.94. The highest BCUT2D eigenvalue weighted by atomic mass is 35.5. The van der Waals surface area contributed by atoms with E-state index in [2.05, 4.69) is 15.5 Å². The predicted molar refractivity (Wildman–Crippen MR) is 86.0 cm³/mol. The Labute approximate surface area is 136 Å². The lowest BCUT2D eigenvalue weighted by molar-refractivity contribution is 0.416. The van der Waals surface area contributed by atoms with Crippen LogP contribution in [-0.4, -0.2) is 17.3 Å². The first-order valence-electron chi connectivity index (χ1n) is 6.36. The number of halogens is 2. The van der Waals surface area contributed by atoms with E-state index < -0.39 is 0 Å². The van der Waals surface area contributed by atoms with Gasteiger partial charge in [-0.1, -0.05) is 40.4 Å². The summed E-state index contributed by atoms with van der Waals surface area (Å²) in [5, 5.41) is 11.9. The lowest BCUT2D eigenvalue weighted by Gasteiger charge is -2.07. The van der Waals surface area contributed by atoms with Crippen molar-refractivity contribution < 1.29 is 9.15 Å². The van der Waals surface area contributed by atoms with E-state index in [1.807, 2.05) is 24.3 Å². The maximum atomic E-state index is 6.13. The third-order valence-corrected chi connectivity index (χ3v) is 3.48. The number of benzene rings is 2. The van der Waals surface area contributed by atoms with Crippen molar-refractivity contribution in [2.45, 2.75) is 0 Å². The maximum Gasteiger partial charge on any atom is 0.320 e. The number of ether oxygens (including phenoxy) is 1. The molecule has 0 atom stereocenters. The van der Waals surface area contributed by atoms with Crippen LogP contribution in [0.4, 0.5) is 11.7 Å². The van der Waals surface area contributed by atoms with E-state index in [1.165, 1.54) is 0 Å². The second-order valence-corrected chi connectivity index (χ2v) is 5.21. The van der Waals surface area contributed by atoms with E-state index in [9.17, 15) is 0 Å². The molecule has 1 heterocycles. The Morgan fingerprint density at radius 3 is 2.68 bits per heavy atom. The van der Waals surface area contributed by atoms with Crippen molar-refractivity contribution in [3.05, 3.63) is 52.5 Å². The average Bonchev–Trinajstić information content (AvgIpc) is 2.96. The molecule has 0 radical (unpaired) electrons. The Morgan fingerprint density at radius 2 is 1.91 bits per heavy atom. The van der Waals surface area contributed by atoms with Crippen LogP contribution in [0.1, 0.15) is 0 Å². The molecule has 5 nitrogen and oxygen atoms in total. The Bertz CT molecular complexity index is 805. The van der Waals surface area contributed by atoms with Crippen LogP contribution in [0.25, 0.3) is 11.5 Å². The summed E-state index contributed by atoms with van der Waals surface area (Å²) in [6.07, 6.45) is 0. The van der Waals surface area contributed by atoms with E-state index in [0.717, 1.165) is 5.69 Å². The summed E-state index contributed by atoms with van der Waals surface area (Å²) >= 11 is 12.0. The molecule has 1 aromatic heterocycles. The van der Waals surface area contributed by atoms with Gasteiger partial charge in [-0.3, -0.25) is 0 Å². The molecule has 0 aliphatic carbocycles. The van der Waals surface area contributed by atoms with Crippen molar-refractivity contribution >= 4 is 34.9 Å². The molecule has 0 fully saturated rings. The SMILES string of the molecule is COc1ccccc1Nc1nnc(-c2ccc(Cl)cc2Cl)o1. The number of aromatic nitrogens is 2. The topological polar surface area (TPSA) is 60.2 Å². The Balaban J connectivity index is 1.88. The van der Waals surface area contributed by atoms with Gasteiger partial charge in [0.15, 0.2) is 0 Å². The zero-order valence-corrected chi connectivity index (χ0v) is 13.0. The van der Waals surface area contributed by atoms with Crippen molar-refractivity contribution in [2.24, 2.45) is 0 Å². The highest BCUT2D eigenvalue weighted by Gasteiger charge is 2.13. The summed E-state index contributed by atoms with van der Waals surface area (Å²) in [4.78, 5) is 0. The zero-order valence-electron chi connectivity index (χ0n) is 11.5. The van der Waals surface area contributed by atoms with Crippen molar-refractivity contribution in [1.29, 1.82) is 0 Å². The zero-order chi connectivity index (χ0) is 15.5. The maximum absolute atomic E-state index is 6.13. The Hall–Kier alpha value is -2.24. The molecule has 0 unspecified atom stereocenters. The minimum atomic E-state index is 0.241. The number of hydrogen-bond donors (Lipinski definition) is 1. The van der Waals surface area contributed by atoms with Gasteiger partial charge in [-0.2, -0.15) is 0 Å². The van der Waals surface area contributed by atoms with Crippen molar-refractivity contribution in [3.8, 4) is 17.2 Å². The molecular weight excluding hydrogens is 325 g/mol. The number of nitrogens with one attached hydrogen (secondary N) is 1. The van der Waals surface area contributed by atoms with Crippen LogP contribution in [0.3, 0.4) is 0 Å². The smallest absolute Gasteiger partial charge is 0.320 e. The number of hydrogen-bond acceptors (Lipinski definition) is 5. The summed E-state index contributed by atoms with van der Waals surface area (Å²) in [5.41, 5.74) is 1.34. The fourth-order valence-electron chi connectivity index (χ4n) is 1.91. The largest absolute Gasteiger partial charge is 0.495 e. The number of nitrogens with zero attached hydrogens (tertiary/aromatic N) is 2. The Morgan fingerprint density at radius 1 is 1.09 bits per heavy atom. The van der Waals surface area contributed by atoms with Crippen LogP contribution in [0, 0.1) is 0 Å². The molecule has 0 bridgehead atoms. The first kappa shape index (κ1) is 14.7. The number of rotatable bonds is 4. The third kappa shape index (κ3) is 3.00. The van der Waals surface area contributed by atoms with Crippen LogP contribution in [-0.2, 0) is 0 Å². The van der Waals surface area contributed by atoms with Gasteiger partial charge in [-0.25, -0.2) is 0 Å². The first-order chi connectivity index (χ1) is 10.7. The van der Waals surface area contributed by atoms with Crippen LogP contribution >= 0.6 is 23.2 Å². The van der Waals surface area contributed by atoms with Crippen LogP contribution < -0.4 is 10.1 Å². The van der Waals surface area contributed by atoms with Gasteiger partial charge in [0.2, 0.25) is 0 Å². The molecule has 22 heavy (non-hydrogen) atoms. The minimum absolute atomic E-state index is 0.241. The second-order valence-electron chi connectivity index (χ2n) is 4.36. The van der Waals surface area contributed by atoms with E-state index in [-0.39, 0.29) is 6.01 Å². The van der Waals surface area contributed by atoms with Crippen LogP contribution in [0.15, 0.2) is 46.9 Å². The lowest BCUT2D eigenvalue weighted by atomic mass is 10.2. The first-order valence-corrected chi connectivity index (χ1v) is 7.12. The van der Waals surface area contributed by atoms with Gasteiger partial charge >= 0.3 is 6.01 Å². The average molecular weight is 336 g/mol. The predicted octanol–water partition coefficient (Wildman–Crippen LogP) is 4.80. The molecule has 0 amide bonds. The van der Waals surface area contributed by atoms with Gasteiger partial charge < -0.3 is 14.5 Å². The molecule has 0 saturated carbocycles. The highest BCUT2D eigenvalue weighted by molar-refractivity contribution is 6.36. The molecule has 0 saturated heterocycles.